The lowest BCUT2D eigenvalue weighted by molar-refractivity contribution is -0.262. The summed E-state index contributed by atoms with van der Waals surface area (Å²) in [5.41, 5.74) is -3.61. The van der Waals surface area contributed by atoms with Crippen LogP contribution in [0.5, 0.6) is 5.88 Å². The summed E-state index contributed by atoms with van der Waals surface area (Å²) in [6.45, 7) is 1.98. The number of carbonyl (C=O) groups is 2. The van der Waals surface area contributed by atoms with Crippen molar-refractivity contribution in [3.63, 3.8) is 0 Å². The second-order valence-corrected chi connectivity index (χ2v) is 10.9. The SMILES string of the molecule is COc1nc(N2CCC(CC3CCN(C(=O)[C@](O)(c4ccccc4)C(F)(F)F)CC3)CC2)ccc1C(=O)N(C)C. The third-order valence-corrected chi connectivity index (χ3v) is 8.09. The van der Waals surface area contributed by atoms with E-state index in [2.05, 4.69) is 9.88 Å². The summed E-state index contributed by atoms with van der Waals surface area (Å²) < 4.78 is 47.2. The molecule has 218 valence electrons. The van der Waals surface area contributed by atoms with Crippen LogP contribution in [0.25, 0.3) is 0 Å². The van der Waals surface area contributed by atoms with Gasteiger partial charge in [0.25, 0.3) is 17.4 Å². The molecule has 2 aliphatic rings. The molecular formula is C29H37F3N4O4. The molecule has 3 heterocycles. The van der Waals surface area contributed by atoms with Crippen LogP contribution in [0.15, 0.2) is 42.5 Å². The standard InChI is InChI=1S/C29H37F3N4O4/c1-34(2)26(37)23-9-10-24(33-25(23)40-3)35-15-11-20(12-16-35)19-21-13-17-36(18-14-21)27(38)28(39,29(30,31)32)22-7-5-4-6-8-22/h4-10,20-21,39H,11-19H2,1-3H3/t28-/m1/s1. The molecule has 0 saturated carbocycles. The third-order valence-electron chi connectivity index (χ3n) is 8.09. The van der Waals surface area contributed by atoms with Crippen LogP contribution >= 0.6 is 0 Å². The second kappa shape index (κ2) is 12.0. The van der Waals surface area contributed by atoms with Crippen molar-refractivity contribution in [1.29, 1.82) is 0 Å². The van der Waals surface area contributed by atoms with Crippen LogP contribution in [-0.2, 0) is 10.4 Å². The van der Waals surface area contributed by atoms with Gasteiger partial charge >= 0.3 is 6.18 Å². The van der Waals surface area contributed by atoms with Gasteiger partial charge in [0.2, 0.25) is 5.88 Å². The molecule has 40 heavy (non-hydrogen) atoms. The van der Waals surface area contributed by atoms with Gasteiger partial charge in [-0.05, 0) is 56.1 Å². The highest BCUT2D eigenvalue weighted by molar-refractivity contribution is 5.96. The molecule has 1 aromatic heterocycles. The zero-order valence-electron chi connectivity index (χ0n) is 23.2. The van der Waals surface area contributed by atoms with Gasteiger partial charge in [-0.25, -0.2) is 0 Å². The fraction of sp³-hybridized carbons (Fsp3) is 0.552. The number of likely N-dealkylation sites (tertiary alicyclic amines) is 1. The van der Waals surface area contributed by atoms with E-state index in [1.165, 1.54) is 30.2 Å². The number of aromatic nitrogens is 1. The fourth-order valence-corrected chi connectivity index (χ4v) is 5.72. The van der Waals surface area contributed by atoms with Crippen molar-refractivity contribution >= 4 is 17.6 Å². The van der Waals surface area contributed by atoms with E-state index >= 15 is 0 Å². The Kier molecular flexibility index (Phi) is 8.92. The van der Waals surface area contributed by atoms with E-state index in [4.69, 9.17) is 4.74 Å². The summed E-state index contributed by atoms with van der Waals surface area (Å²) in [4.78, 5) is 34.7. The smallest absolute Gasteiger partial charge is 0.430 e. The molecule has 2 aromatic rings. The highest BCUT2D eigenvalue weighted by Gasteiger charge is 2.62. The maximum Gasteiger partial charge on any atom is 0.430 e. The van der Waals surface area contributed by atoms with Crippen molar-refractivity contribution in [2.75, 3.05) is 52.3 Å². The molecule has 2 fully saturated rings. The summed E-state index contributed by atoms with van der Waals surface area (Å²) in [5.74, 6) is 0.351. The first-order valence-corrected chi connectivity index (χ1v) is 13.6. The zero-order valence-corrected chi connectivity index (χ0v) is 23.2. The van der Waals surface area contributed by atoms with Crippen LogP contribution in [0.3, 0.4) is 0 Å². The highest BCUT2D eigenvalue weighted by Crippen LogP contribution is 2.41. The monoisotopic (exact) mass is 562 g/mol. The summed E-state index contributed by atoms with van der Waals surface area (Å²) in [6, 6.07) is 10.1. The van der Waals surface area contributed by atoms with Gasteiger partial charge in [0, 0.05) is 45.8 Å². The Morgan fingerprint density at radius 3 is 2.08 bits per heavy atom. The Balaban J connectivity index is 1.30. The predicted molar refractivity (Wildman–Crippen MR) is 144 cm³/mol. The van der Waals surface area contributed by atoms with Gasteiger partial charge in [-0.1, -0.05) is 30.3 Å². The molecule has 11 heteroatoms. The normalized spacial score (nSPS) is 18.8. The predicted octanol–water partition coefficient (Wildman–Crippen LogP) is 4.09. The van der Waals surface area contributed by atoms with Gasteiger partial charge < -0.3 is 24.5 Å². The number of piperidine rings is 2. The number of hydrogen-bond donors (Lipinski definition) is 1. The lowest BCUT2D eigenvalue weighted by Crippen LogP contribution is -2.57. The number of hydrogen-bond acceptors (Lipinski definition) is 6. The second-order valence-electron chi connectivity index (χ2n) is 10.9. The van der Waals surface area contributed by atoms with Crippen molar-refractivity contribution in [3.05, 3.63) is 53.6 Å². The molecule has 0 radical (unpaired) electrons. The van der Waals surface area contributed by atoms with E-state index in [9.17, 15) is 27.9 Å². The minimum absolute atomic E-state index is 0.175. The third kappa shape index (κ3) is 6.04. The van der Waals surface area contributed by atoms with E-state index in [0.29, 0.717) is 36.1 Å². The number of amides is 2. The van der Waals surface area contributed by atoms with Crippen LogP contribution in [0.2, 0.25) is 0 Å². The van der Waals surface area contributed by atoms with E-state index in [1.54, 1.807) is 20.2 Å². The first-order chi connectivity index (χ1) is 19.0. The van der Waals surface area contributed by atoms with Gasteiger partial charge in [-0.2, -0.15) is 18.2 Å². The van der Waals surface area contributed by atoms with Gasteiger partial charge in [0.05, 0.1) is 7.11 Å². The van der Waals surface area contributed by atoms with Crippen molar-refractivity contribution < 1.29 is 32.6 Å². The molecule has 1 atom stereocenters. The molecule has 0 aliphatic carbocycles. The lowest BCUT2D eigenvalue weighted by Gasteiger charge is -2.40. The van der Waals surface area contributed by atoms with Gasteiger partial charge in [-0.3, -0.25) is 9.59 Å². The van der Waals surface area contributed by atoms with Crippen LogP contribution < -0.4 is 9.64 Å². The lowest BCUT2D eigenvalue weighted by atomic mass is 9.82. The number of ether oxygens (including phenoxy) is 1. The number of methoxy groups -OCH3 is 1. The molecule has 1 aromatic carbocycles. The van der Waals surface area contributed by atoms with Crippen molar-refractivity contribution in [3.8, 4) is 5.88 Å². The van der Waals surface area contributed by atoms with E-state index < -0.39 is 23.2 Å². The molecule has 0 unspecified atom stereocenters. The molecule has 1 N–H and O–H groups in total. The molecule has 0 spiro atoms. The van der Waals surface area contributed by atoms with E-state index in [1.807, 2.05) is 6.07 Å². The number of anilines is 1. The first kappa shape index (κ1) is 29.6. The van der Waals surface area contributed by atoms with Crippen LogP contribution in [-0.4, -0.2) is 85.3 Å². The quantitative estimate of drug-likeness (QED) is 0.547. The average Bonchev–Trinajstić information content (AvgIpc) is 2.96. The first-order valence-electron chi connectivity index (χ1n) is 13.6. The van der Waals surface area contributed by atoms with Crippen molar-refractivity contribution in [2.45, 2.75) is 43.9 Å². The zero-order chi connectivity index (χ0) is 29.1. The number of carbonyl (C=O) groups excluding carboxylic acids is 2. The Bertz CT molecular complexity index is 1180. The number of alkyl halides is 3. The molecule has 2 amide bonds. The van der Waals surface area contributed by atoms with Crippen LogP contribution in [0, 0.1) is 11.8 Å². The molecular weight excluding hydrogens is 525 g/mol. The van der Waals surface area contributed by atoms with Crippen LogP contribution in [0.4, 0.5) is 19.0 Å². The Hall–Kier alpha value is -3.34. The fourth-order valence-electron chi connectivity index (χ4n) is 5.72. The molecule has 2 aliphatic heterocycles. The van der Waals surface area contributed by atoms with Crippen LogP contribution in [0.1, 0.15) is 48.0 Å². The van der Waals surface area contributed by atoms with Gasteiger partial charge in [0.1, 0.15) is 11.4 Å². The Morgan fingerprint density at radius 1 is 0.975 bits per heavy atom. The minimum Gasteiger partial charge on any atom is -0.480 e. The number of aliphatic hydroxyl groups is 1. The number of rotatable bonds is 7. The topological polar surface area (TPSA) is 86.2 Å². The number of nitrogens with zero attached hydrogens (tertiary/aromatic N) is 4. The number of halogens is 3. The van der Waals surface area contributed by atoms with Gasteiger partial charge in [-0.15, -0.1) is 0 Å². The number of pyridine rings is 1. The summed E-state index contributed by atoms with van der Waals surface area (Å²) in [5, 5.41) is 10.6. The van der Waals surface area contributed by atoms with E-state index in [-0.39, 0.29) is 19.0 Å². The van der Waals surface area contributed by atoms with Crippen molar-refractivity contribution in [1.82, 2.24) is 14.8 Å². The minimum atomic E-state index is -5.13. The maximum absolute atomic E-state index is 13.9. The Labute approximate surface area is 232 Å². The largest absolute Gasteiger partial charge is 0.480 e. The maximum atomic E-state index is 13.9. The number of benzene rings is 1. The molecule has 8 nitrogen and oxygen atoms in total. The summed E-state index contributed by atoms with van der Waals surface area (Å²) in [7, 11) is 4.85. The Morgan fingerprint density at radius 2 is 1.55 bits per heavy atom. The molecule has 4 rings (SSSR count). The molecule has 2 saturated heterocycles. The highest BCUT2D eigenvalue weighted by atomic mass is 19.4. The summed E-state index contributed by atoms with van der Waals surface area (Å²) >= 11 is 0. The molecule has 0 bridgehead atoms. The van der Waals surface area contributed by atoms with E-state index in [0.717, 1.165) is 55.2 Å². The summed E-state index contributed by atoms with van der Waals surface area (Å²) in [6.07, 6.45) is -1.07. The van der Waals surface area contributed by atoms with Crippen molar-refractivity contribution in [2.24, 2.45) is 11.8 Å². The average molecular weight is 563 g/mol. The van der Waals surface area contributed by atoms with Gasteiger partial charge in [0.15, 0.2) is 0 Å².